The average Bonchev–Trinajstić information content (AvgIpc) is 2.81. The molecule has 0 aromatic heterocycles. The summed E-state index contributed by atoms with van der Waals surface area (Å²) < 4.78 is 0. The van der Waals surface area contributed by atoms with Crippen LogP contribution in [0, 0.1) is 0 Å². The fourth-order valence-electron chi connectivity index (χ4n) is 4.81. The van der Waals surface area contributed by atoms with Gasteiger partial charge in [0.05, 0.1) is 0 Å². The highest BCUT2D eigenvalue weighted by Gasteiger charge is 2.23. The van der Waals surface area contributed by atoms with Gasteiger partial charge in [-0.25, -0.2) is 4.79 Å². The maximum absolute atomic E-state index is 12.3. The minimum Gasteiger partial charge on any atom is -0.478 e. The fraction of sp³-hybridized carbons (Fsp3) is 0.864. The number of aliphatic carboxylic acids is 1. The van der Waals surface area contributed by atoms with E-state index in [0.29, 0.717) is 12.0 Å². The van der Waals surface area contributed by atoms with Crippen LogP contribution < -0.4 is 21.7 Å². The van der Waals surface area contributed by atoms with Crippen LogP contribution >= 0.6 is 0 Å². The first-order chi connectivity index (χ1) is 15.1. The van der Waals surface area contributed by atoms with Crippen LogP contribution in [0.15, 0.2) is 11.1 Å². The second-order valence-electron chi connectivity index (χ2n) is 8.98. The minimum absolute atomic E-state index is 0.188. The quantitative estimate of drug-likeness (QED) is 0.249. The lowest BCUT2D eigenvalue weighted by atomic mass is 9.93. The summed E-state index contributed by atoms with van der Waals surface area (Å²) in [5.74, 6) is -0.789. The Bertz CT molecular complexity index is 568. The fourth-order valence-corrected chi connectivity index (χ4v) is 4.81. The Morgan fingerprint density at radius 1 is 0.742 bits per heavy atom. The summed E-state index contributed by atoms with van der Waals surface area (Å²) in [5.41, 5.74) is 8.21. The highest BCUT2D eigenvalue weighted by Crippen LogP contribution is 2.20. The summed E-state index contributed by atoms with van der Waals surface area (Å²) in [6, 6.07) is -0.188. The molecule has 9 heteroatoms. The lowest BCUT2D eigenvalue weighted by molar-refractivity contribution is -0.133. The van der Waals surface area contributed by atoms with Crippen molar-refractivity contribution >= 4 is 5.97 Å². The predicted molar refractivity (Wildman–Crippen MR) is 124 cm³/mol. The second kappa shape index (κ2) is 13.5. The lowest BCUT2D eigenvalue weighted by Crippen LogP contribution is -2.45. The number of carboxylic acids is 1. The van der Waals surface area contributed by atoms with Crippen molar-refractivity contribution in [3.05, 3.63) is 11.1 Å². The number of rotatable bonds is 11. The van der Waals surface area contributed by atoms with Gasteiger partial charge in [0.1, 0.15) is 0 Å². The Morgan fingerprint density at radius 3 is 1.61 bits per heavy atom. The summed E-state index contributed by atoms with van der Waals surface area (Å²) in [7, 11) is 0. The zero-order valence-electron chi connectivity index (χ0n) is 19.1. The zero-order chi connectivity index (χ0) is 21.9. The molecule has 3 heterocycles. The van der Waals surface area contributed by atoms with Crippen LogP contribution in [0.2, 0.25) is 0 Å². The molecule has 3 aliphatic heterocycles. The summed E-state index contributed by atoms with van der Waals surface area (Å²) in [6.07, 6.45) is 2.15. The monoisotopic (exact) mass is 437 g/mol. The molecule has 0 spiro atoms. The van der Waals surface area contributed by atoms with E-state index >= 15 is 0 Å². The predicted octanol–water partition coefficient (Wildman–Crippen LogP) is -1.42. The van der Waals surface area contributed by atoms with Gasteiger partial charge in [-0.2, -0.15) is 0 Å². The third-order valence-electron chi connectivity index (χ3n) is 6.85. The molecule has 3 rings (SSSR count). The third kappa shape index (κ3) is 8.42. The van der Waals surface area contributed by atoms with E-state index in [-0.39, 0.29) is 6.04 Å². The van der Waals surface area contributed by atoms with Crippen LogP contribution in [-0.4, -0.2) is 130 Å². The van der Waals surface area contributed by atoms with Crippen LogP contribution in [-0.2, 0) is 4.79 Å². The normalized spacial score (nSPS) is 24.0. The summed E-state index contributed by atoms with van der Waals surface area (Å²) >= 11 is 0. The van der Waals surface area contributed by atoms with Gasteiger partial charge in [0, 0.05) is 110 Å². The van der Waals surface area contributed by atoms with Crippen LogP contribution in [0.1, 0.15) is 19.3 Å². The number of hydrogen-bond acceptors (Lipinski definition) is 8. The van der Waals surface area contributed by atoms with Crippen LogP contribution in [0.25, 0.3) is 0 Å². The molecular weight excluding hydrogens is 394 g/mol. The molecule has 1 atom stereocenters. The number of nitrogens with zero attached hydrogens (tertiary/aromatic N) is 3. The van der Waals surface area contributed by atoms with Gasteiger partial charge in [0.15, 0.2) is 0 Å². The summed E-state index contributed by atoms with van der Waals surface area (Å²) in [5, 5.41) is 20.2. The smallest absolute Gasteiger partial charge is 0.331 e. The molecule has 0 aromatic carbocycles. The third-order valence-corrected chi connectivity index (χ3v) is 6.85. The number of nitrogens with two attached hydrogens (primary N) is 1. The van der Waals surface area contributed by atoms with Gasteiger partial charge in [0.25, 0.3) is 0 Å². The number of hydrogen-bond donors (Lipinski definition) is 5. The Balaban J connectivity index is 1.65. The Kier molecular flexibility index (Phi) is 10.7. The molecule has 9 nitrogen and oxygen atoms in total. The first-order valence-electron chi connectivity index (χ1n) is 12.1. The first kappa shape index (κ1) is 24.6. The molecule has 3 saturated heterocycles. The largest absolute Gasteiger partial charge is 0.478 e. The Morgan fingerprint density at radius 2 is 1.16 bits per heavy atom. The standard InChI is InChI=1S/C22H43N7O2/c23-21(3-12-29-17-8-26-9-18-29)19(1-10-27-13-4-24-5-14-27)20(22(30)31)2-11-28-15-6-25-7-16-28/h21,24-26H,1-18,23H2,(H,30,31)/b20-19+. The van der Waals surface area contributed by atoms with Crippen molar-refractivity contribution in [3.63, 3.8) is 0 Å². The molecular formula is C22H43N7O2. The van der Waals surface area contributed by atoms with Gasteiger partial charge in [-0.15, -0.1) is 0 Å². The topological polar surface area (TPSA) is 109 Å². The highest BCUT2D eigenvalue weighted by atomic mass is 16.4. The maximum Gasteiger partial charge on any atom is 0.331 e. The van der Waals surface area contributed by atoms with E-state index in [0.717, 1.165) is 117 Å². The van der Waals surface area contributed by atoms with E-state index in [1.54, 1.807) is 0 Å². The van der Waals surface area contributed by atoms with Crippen molar-refractivity contribution in [1.82, 2.24) is 30.7 Å². The van der Waals surface area contributed by atoms with Crippen LogP contribution in [0.4, 0.5) is 0 Å². The highest BCUT2D eigenvalue weighted by molar-refractivity contribution is 5.87. The van der Waals surface area contributed by atoms with Crippen LogP contribution in [0.3, 0.4) is 0 Å². The van der Waals surface area contributed by atoms with Crippen molar-refractivity contribution in [3.8, 4) is 0 Å². The maximum atomic E-state index is 12.3. The average molecular weight is 438 g/mol. The van der Waals surface area contributed by atoms with E-state index in [1.807, 2.05) is 0 Å². The van der Waals surface area contributed by atoms with E-state index in [9.17, 15) is 9.90 Å². The van der Waals surface area contributed by atoms with Gasteiger partial charge >= 0.3 is 5.97 Å². The zero-order valence-corrected chi connectivity index (χ0v) is 19.1. The van der Waals surface area contributed by atoms with Gasteiger partial charge in [-0.1, -0.05) is 0 Å². The van der Waals surface area contributed by atoms with Crippen LogP contribution in [0.5, 0.6) is 0 Å². The van der Waals surface area contributed by atoms with Crippen molar-refractivity contribution in [2.45, 2.75) is 25.3 Å². The van der Waals surface area contributed by atoms with Gasteiger partial charge in [-0.05, 0) is 24.8 Å². The van der Waals surface area contributed by atoms with Gasteiger partial charge in [-0.3, -0.25) is 0 Å². The molecule has 0 radical (unpaired) electrons. The number of piperazine rings is 3. The lowest BCUT2D eigenvalue weighted by Gasteiger charge is -2.31. The van der Waals surface area contributed by atoms with E-state index in [2.05, 4.69) is 30.7 Å². The second-order valence-corrected chi connectivity index (χ2v) is 8.98. The summed E-state index contributed by atoms with van der Waals surface area (Å²) in [6.45, 7) is 14.7. The number of carboxylic acid groups (broad SMARTS) is 1. The molecule has 3 aliphatic rings. The SMILES string of the molecule is NC(CCN1CCNCC1)/C(CCN1CCNCC1)=C(\CCN1CCNCC1)C(=O)O. The van der Waals surface area contributed by atoms with E-state index in [4.69, 9.17) is 5.73 Å². The van der Waals surface area contributed by atoms with Gasteiger partial charge in [0.2, 0.25) is 0 Å². The minimum atomic E-state index is -0.789. The van der Waals surface area contributed by atoms with E-state index in [1.165, 1.54) is 0 Å². The molecule has 0 aromatic rings. The first-order valence-corrected chi connectivity index (χ1v) is 12.1. The number of carbonyl (C=O) groups is 1. The van der Waals surface area contributed by atoms with Crippen molar-refractivity contribution in [2.24, 2.45) is 5.73 Å². The number of nitrogens with one attached hydrogen (secondary N) is 3. The Labute approximate surface area is 187 Å². The molecule has 0 bridgehead atoms. The summed E-state index contributed by atoms with van der Waals surface area (Å²) in [4.78, 5) is 19.5. The molecule has 31 heavy (non-hydrogen) atoms. The van der Waals surface area contributed by atoms with Gasteiger partial charge < -0.3 is 41.5 Å². The molecule has 1 unspecified atom stereocenters. The van der Waals surface area contributed by atoms with Crippen molar-refractivity contribution < 1.29 is 9.90 Å². The van der Waals surface area contributed by atoms with E-state index < -0.39 is 5.97 Å². The molecule has 3 fully saturated rings. The van der Waals surface area contributed by atoms with Crippen molar-refractivity contribution in [2.75, 3.05) is 98.2 Å². The van der Waals surface area contributed by atoms with Crippen molar-refractivity contribution in [1.29, 1.82) is 0 Å². The molecule has 0 amide bonds. The molecule has 178 valence electrons. The molecule has 0 saturated carbocycles. The molecule has 6 N–H and O–H groups in total. The molecule has 0 aliphatic carbocycles. The Hall–Kier alpha value is -1.07.